The summed E-state index contributed by atoms with van der Waals surface area (Å²) in [6.45, 7) is 4.26. The molecule has 0 unspecified atom stereocenters. The molecule has 4 heteroatoms. The predicted molar refractivity (Wildman–Crippen MR) is 74.3 cm³/mol. The molecule has 2 N–H and O–H groups in total. The number of anilines is 1. The number of rotatable bonds is 2. The van der Waals surface area contributed by atoms with E-state index < -0.39 is 0 Å². The third kappa shape index (κ3) is 2.05. The first-order chi connectivity index (χ1) is 8.04. The monoisotopic (exact) mass is 247 g/mol. The third-order valence-corrected chi connectivity index (χ3v) is 3.86. The van der Waals surface area contributed by atoms with Gasteiger partial charge in [0.1, 0.15) is 5.82 Å². The fourth-order valence-electron chi connectivity index (χ4n) is 1.88. The fraction of sp³-hybridized carbons (Fsp3) is 0.308. The lowest BCUT2D eigenvalue weighted by Crippen LogP contribution is -1.99. The van der Waals surface area contributed by atoms with Crippen molar-refractivity contribution in [3.05, 3.63) is 29.5 Å². The Morgan fingerprint density at radius 1 is 1.24 bits per heavy atom. The van der Waals surface area contributed by atoms with Gasteiger partial charge in [-0.2, -0.15) is 5.10 Å². The summed E-state index contributed by atoms with van der Waals surface area (Å²) in [7, 11) is 1.86. The molecule has 1 heterocycles. The highest BCUT2D eigenvalue weighted by atomic mass is 32.2. The van der Waals surface area contributed by atoms with E-state index in [1.807, 2.05) is 13.2 Å². The smallest absolute Gasteiger partial charge is 0.129 e. The number of hydrogen-bond acceptors (Lipinski definition) is 3. The summed E-state index contributed by atoms with van der Waals surface area (Å²) >= 11 is 1.75. The van der Waals surface area contributed by atoms with Crippen LogP contribution in [0.15, 0.2) is 23.2 Å². The van der Waals surface area contributed by atoms with Gasteiger partial charge in [0.15, 0.2) is 0 Å². The maximum absolute atomic E-state index is 6.04. The minimum absolute atomic E-state index is 0.714. The molecule has 0 bridgehead atoms. The molecule has 0 atom stereocenters. The van der Waals surface area contributed by atoms with Crippen molar-refractivity contribution < 1.29 is 0 Å². The van der Waals surface area contributed by atoms with E-state index in [1.165, 1.54) is 21.6 Å². The van der Waals surface area contributed by atoms with Crippen molar-refractivity contribution >= 4 is 17.6 Å². The van der Waals surface area contributed by atoms with Crippen LogP contribution in [0.5, 0.6) is 0 Å². The Morgan fingerprint density at radius 2 is 1.94 bits per heavy atom. The minimum atomic E-state index is 0.714. The van der Waals surface area contributed by atoms with Gasteiger partial charge in [0, 0.05) is 17.5 Å². The van der Waals surface area contributed by atoms with Gasteiger partial charge in [-0.25, -0.2) is 0 Å². The number of aromatic nitrogens is 2. The number of hydrogen-bond donors (Lipinski definition) is 1. The van der Waals surface area contributed by atoms with Crippen molar-refractivity contribution in [2.24, 2.45) is 7.05 Å². The Bertz CT molecular complexity index is 558. The van der Waals surface area contributed by atoms with E-state index in [-0.39, 0.29) is 0 Å². The standard InChI is InChI=1S/C13H17N3S/c1-8-5-10(17-4)6-11(9(8)2)12-7-15-16(3)13(12)14/h5-7H,14H2,1-4H3. The summed E-state index contributed by atoms with van der Waals surface area (Å²) in [6.07, 6.45) is 3.92. The molecule has 0 aliphatic carbocycles. The molecular weight excluding hydrogens is 230 g/mol. The molecule has 1 aromatic heterocycles. The molecule has 2 rings (SSSR count). The molecule has 0 saturated heterocycles. The van der Waals surface area contributed by atoms with Crippen molar-refractivity contribution in [3.63, 3.8) is 0 Å². The average molecular weight is 247 g/mol. The molecule has 17 heavy (non-hydrogen) atoms. The predicted octanol–water partition coefficient (Wildman–Crippen LogP) is 3.01. The first-order valence-corrected chi connectivity index (χ1v) is 6.70. The second kappa shape index (κ2) is 4.45. The number of nitrogens with zero attached hydrogens (tertiary/aromatic N) is 2. The van der Waals surface area contributed by atoms with E-state index in [2.05, 4.69) is 37.3 Å². The molecule has 0 radical (unpaired) electrons. The number of benzene rings is 1. The van der Waals surface area contributed by atoms with Crippen LogP contribution in [-0.2, 0) is 7.05 Å². The summed E-state index contributed by atoms with van der Waals surface area (Å²) in [5.74, 6) is 0.714. The largest absolute Gasteiger partial charge is 0.383 e. The zero-order chi connectivity index (χ0) is 12.6. The SMILES string of the molecule is CSc1cc(C)c(C)c(-c2cnn(C)c2N)c1. The highest BCUT2D eigenvalue weighted by molar-refractivity contribution is 7.98. The highest BCUT2D eigenvalue weighted by Crippen LogP contribution is 2.33. The van der Waals surface area contributed by atoms with E-state index in [4.69, 9.17) is 5.73 Å². The number of thioether (sulfide) groups is 1. The zero-order valence-electron chi connectivity index (χ0n) is 10.6. The van der Waals surface area contributed by atoms with Crippen molar-refractivity contribution in [1.29, 1.82) is 0 Å². The van der Waals surface area contributed by atoms with Gasteiger partial charge in [-0.15, -0.1) is 11.8 Å². The Hall–Kier alpha value is -1.42. The van der Waals surface area contributed by atoms with Gasteiger partial charge in [0.2, 0.25) is 0 Å². The van der Waals surface area contributed by atoms with E-state index >= 15 is 0 Å². The third-order valence-electron chi connectivity index (χ3n) is 3.15. The first kappa shape index (κ1) is 12.0. The van der Waals surface area contributed by atoms with Gasteiger partial charge in [-0.1, -0.05) is 0 Å². The molecule has 0 aliphatic rings. The van der Waals surface area contributed by atoms with E-state index in [1.54, 1.807) is 16.4 Å². The van der Waals surface area contributed by atoms with Crippen molar-refractivity contribution in [3.8, 4) is 11.1 Å². The average Bonchev–Trinajstić information content (AvgIpc) is 2.64. The van der Waals surface area contributed by atoms with Gasteiger partial charge in [-0.05, 0) is 48.9 Å². The summed E-state index contributed by atoms with van der Waals surface area (Å²) in [5.41, 5.74) is 10.8. The Morgan fingerprint density at radius 3 is 2.47 bits per heavy atom. The molecule has 3 nitrogen and oxygen atoms in total. The fourth-order valence-corrected chi connectivity index (χ4v) is 2.41. The van der Waals surface area contributed by atoms with Crippen LogP contribution in [-0.4, -0.2) is 16.0 Å². The normalized spacial score (nSPS) is 10.8. The van der Waals surface area contributed by atoms with Crippen LogP contribution in [0.4, 0.5) is 5.82 Å². The van der Waals surface area contributed by atoms with Crippen LogP contribution in [0.3, 0.4) is 0 Å². The lowest BCUT2D eigenvalue weighted by molar-refractivity contribution is 0.779. The number of aryl methyl sites for hydroxylation is 2. The molecule has 0 saturated carbocycles. The van der Waals surface area contributed by atoms with Crippen LogP contribution in [0.1, 0.15) is 11.1 Å². The second-order valence-corrected chi connectivity index (χ2v) is 5.06. The van der Waals surface area contributed by atoms with Gasteiger partial charge in [0.05, 0.1) is 6.20 Å². The van der Waals surface area contributed by atoms with E-state index in [0.29, 0.717) is 5.82 Å². The Balaban J connectivity index is 2.66. The van der Waals surface area contributed by atoms with Crippen LogP contribution in [0.25, 0.3) is 11.1 Å². The number of nitrogens with two attached hydrogens (primary N) is 1. The van der Waals surface area contributed by atoms with Crippen molar-refractivity contribution in [2.45, 2.75) is 18.7 Å². The zero-order valence-corrected chi connectivity index (χ0v) is 11.4. The van der Waals surface area contributed by atoms with Gasteiger partial charge in [0.25, 0.3) is 0 Å². The molecule has 0 spiro atoms. The van der Waals surface area contributed by atoms with Crippen LogP contribution < -0.4 is 5.73 Å². The molecule has 0 aliphatic heterocycles. The quantitative estimate of drug-likeness (QED) is 0.830. The summed E-state index contributed by atoms with van der Waals surface area (Å²) in [6, 6.07) is 4.39. The second-order valence-electron chi connectivity index (χ2n) is 4.18. The Kier molecular flexibility index (Phi) is 3.15. The molecule has 0 amide bonds. The highest BCUT2D eigenvalue weighted by Gasteiger charge is 2.12. The van der Waals surface area contributed by atoms with Gasteiger partial charge in [-0.3, -0.25) is 4.68 Å². The molecule has 1 aromatic carbocycles. The van der Waals surface area contributed by atoms with Gasteiger partial charge < -0.3 is 5.73 Å². The van der Waals surface area contributed by atoms with Gasteiger partial charge >= 0.3 is 0 Å². The molecule has 90 valence electrons. The molecule has 0 fully saturated rings. The minimum Gasteiger partial charge on any atom is -0.383 e. The molecular formula is C13H17N3S. The lowest BCUT2D eigenvalue weighted by Gasteiger charge is -2.10. The summed E-state index contributed by atoms with van der Waals surface area (Å²) < 4.78 is 1.70. The molecule has 2 aromatic rings. The van der Waals surface area contributed by atoms with E-state index in [9.17, 15) is 0 Å². The number of nitrogen functional groups attached to an aromatic ring is 1. The van der Waals surface area contributed by atoms with Crippen molar-refractivity contribution in [1.82, 2.24) is 9.78 Å². The van der Waals surface area contributed by atoms with E-state index in [0.717, 1.165) is 5.56 Å². The summed E-state index contributed by atoms with van der Waals surface area (Å²) in [4.78, 5) is 1.26. The Labute approximate surface area is 106 Å². The van der Waals surface area contributed by atoms with Crippen LogP contribution in [0.2, 0.25) is 0 Å². The summed E-state index contributed by atoms with van der Waals surface area (Å²) in [5, 5.41) is 4.20. The lowest BCUT2D eigenvalue weighted by atomic mass is 9.99. The van der Waals surface area contributed by atoms with Crippen LogP contribution >= 0.6 is 11.8 Å². The first-order valence-electron chi connectivity index (χ1n) is 5.47. The van der Waals surface area contributed by atoms with Crippen LogP contribution in [0, 0.1) is 13.8 Å². The maximum Gasteiger partial charge on any atom is 0.129 e. The maximum atomic E-state index is 6.04. The van der Waals surface area contributed by atoms with Crippen molar-refractivity contribution in [2.75, 3.05) is 12.0 Å². The topological polar surface area (TPSA) is 43.8 Å².